The van der Waals surface area contributed by atoms with E-state index in [4.69, 9.17) is 11.2 Å². The molecule has 1 rings (SSSR count). The third kappa shape index (κ3) is 7.80. The SMILES string of the molecule is C#CN(C(=O)C(CO)NC(=O)OC(C)(C)C)C(C(=O)NCC(=O)OC)c1cccc(C)c1C. The fourth-order valence-electron chi connectivity index (χ4n) is 2.86. The normalized spacial score (nSPS) is 12.5. The van der Waals surface area contributed by atoms with Gasteiger partial charge < -0.3 is 25.2 Å². The number of aliphatic hydroxyl groups is 1. The highest BCUT2D eigenvalue weighted by Gasteiger charge is 2.36. The third-order valence-electron chi connectivity index (χ3n) is 4.63. The van der Waals surface area contributed by atoms with Crippen molar-refractivity contribution in [1.82, 2.24) is 15.5 Å². The molecule has 0 bridgehead atoms. The number of amides is 3. The highest BCUT2D eigenvalue weighted by Crippen LogP contribution is 2.26. The average molecular weight is 462 g/mol. The molecule has 1 aromatic carbocycles. The van der Waals surface area contributed by atoms with E-state index in [-0.39, 0.29) is 0 Å². The summed E-state index contributed by atoms with van der Waals surface area (Å²) in [5.41, 5.74) is 1.11. The largest absolute Gasteiger partial charge is 0.468 e. The monoisotopic (exact) mass is 461 g/mol. The van der Waals surface area contributed by atoms with Crippen LogP contribution in [0.3, 0.4) is 0 Å². The molecule has 10 nitrogen and oxygen atoms in total. The van der Waals surface area contributed by atoms with Crippen LogP contribution in [-0.4, -0.2) is 65.8 Å². The number of ether oxygens (including phenoxy) is 2. The van der Waals surface area contributed by atoms with Gasteiger partial charge in [0.25, 0.3) is 5.91 Å². The summed E-state index contributed by atoms with van der Waals surface area (Å²) in [6.45, 7) is 7.26. The van der Waals surface area contributed by atoms with Gasteiger partial charge >= 0.3 is 12.1 Å². The number of hydrogen-bond acceptors (Lipinski definition) is 7. The molecule has 2 atom stereocenters. The van der Waals surface area contributed by atoms with Crippen molar-refractivity contribution in [2.75, 3.05) is 20.3 Å². The Kier molecular flexibility index (Phi) is 9.88. The zero-order valence-electron chi connectivity index (χ0n) is 19.7. The number of hydrogen-bond donors (Lipinski definition) is 3. The molecule has 0 aliphatic heterocycles. The van der Waals surface area contributed by atoms with Crippen LogP contribution in [0, 0.1) is 26.3 Å². The molecule has 180 valence electrons. The molecule has 0 aliphatic rings. The molecule has 3 N–H and O–H groups in total. The smallest absolute Gasteiger partial charge is 0.408 e. The van der Waals surface area contributed by atoms with E-state index in [1.807, 2.05) is 13.0 Å². The van der Waals surface area contributed by atoms with Gasteiger partial charge in [-0.15, -0.1) is 0 Å². The molecule has 33 heavy (non-hydrogen) atoms. The Morgan fingerprint density at radius 1 is 1.21 bits per heavy atom. The highest BCUT2D eigenvalue weighted by molar-refractivity contribution is 5.94. The first kappa shape index (κ1) is 27.5. The summed E-state index contributed by atoms with van der Waals surface area (Å²) >= 11 is 0. The second-order valence-corrected chi connectivity index (χ2v) is 8.20. The summed E-state index contributed by atoms with van der Waals surface area (Å²) < 4.78 is 9.66. The molecule has 0 radical (unpaired) electrons. The van der Waals surface area contributed by atoms with E-state index in [0.717, 1.165) is 10.5 Å². The van der Waals surface area contributed by atoms with Gasteiger partial charge in [-0.1, -0.05) is 24.6 Å². The Bertz CT molecular complexity index is 931. The van der Waals surface area contributed by atoms with Crippen LogP contribution >= 0.6 is 0 Å². The Morgan fingerprint density at radius 2 is 1.85 bits per heavy atom. The number of nitrogens with zero attached hydrogens (tertiary/aromatic N) is 1. The molecule has 0 spiro atoms. The predicted molar refractivity (Wildman–Crippen MR) is 120 cm³/mol. The van der Waals surface area contributed by atoms with Crippen LogP contribution in [0.15, 0.2) is 18.2 Å². The van der Waals surface area contributed by atoms with Crippen molar-refractivity contribution in [3.05, 3.63) is 34.9 Å². The van der Waals surface area contributed by atoms with Gasteiger partial charge in [0.05, 0.1) is 13.7 Å². The maximum atomic E-state index is 13.2. The topological polar surface area (TPSA) is 134 Å². The number of esters is 1. The van der Waals surface area contributed by atoms with Crippen molar-refractivity contribution < 1.29 is 33.8 Å². The molecule has 1 aromatic rings. The molecule has 3 amide bonds. The van der Waals surface area contributed by atoms with Crippen molar-refractivity contribution in [3.8, 4) is 12.5 Å². The molecule has 2 unspecified atom stereocenters. The zero-order valence-corrected chi connectivity index (χ0v) is 19.7. The van der Waals surface area contributed by atoms with E-state index in [1.165, 1.54) is 7.11 Å². The average Bonchev–Trinajstić information content (AvgIpc) is 2.74. The molecule has 0 aromatic heterocycles. The first-order chi connectivity index (χ1) is 15.4. The van der Waals surface area contributed by atoms with E-state index in [9.17, 15) is 24.3 Å². The van der Waals surface area contributed by atoms with Crippen LogP contribution in [0.1, 0.15) is 43.5 Å². The Balaban J connectivity index is 3.34. The zero-order chi connectivity index (χ0) is 25.3. The van der Waals surface area contributed by atoms with Crippen molar-refractivity contribution in [1.29, 1.82) is 0 Å². The van der Waals surface area contributed by atoms with E-state index in [1.54, 1.807) is 39.8 Å². The minimum Gasteiger partial charge on any atom is -0.468 e. The number of aliphatic hydroxyl groups excluding tert-OH is 1. The minimum atomic E-state index is -1.48. The summed E-state index contributed by atoms with van der Waals surface area (Å²) in [5, 5.41) is 14.4. The first-order valence-corrected chi connectivity index (χ1v) is 10.2. The standard InChI is InChI=1S/C23H31N3O7/c1-8-26(21(30)17(13-27)25-22(31)33-23(4,5)6)19(20(29)24-12-18(28)32-7)16-11-9-10-14(2)15(16)3/h1,9-11,17,19,27H,12-13H2,2-7H3,(H,24,29)(H,25,31). The third-order valence-corrected chi connectivity index (χ3v) is 4.63. The fourth-order valence-corrected chi connectivity index (χ4v) is 2.86. The number of carbonyl (C=O) groups is 4. The molecule has 0 saturated carbocycles. The van der Waals surface area contributed by atoms with Crippen LogP contribution in [0.2, 0.25) is 0 Å². The fraction of sp³-hybridized carbons (Fsp3) is 0.478. The Hall–Kier alpha value is -3.58. The van der Waals surface area contributed by atoms with E-state index in [2.05, 4.69) is 21.4 Å². The maximum Gasteiger partial charge on any atom is 0.408 e. The molecule has 0 aliphatic carbocycles. The minimum absolute atomic E-state index is 0.414. The van der Waals surface area contributed by atoms with Gasteiger partial charge in [-0.05, 0) is 51.3 Å². The van der Waals surface area contributed by atoms with Gasteiger partial charge in [-0.2, -0.15) is 0 Å². The lowest BCUT2D eigenvalue weighted by Gasteiger charge is -2.30. The van der Waals surface area contributed by atoms with Crippen LogP contribution in [0.4, 0.5) is 4.79 Å². The molecular formula is C23H31N3O7. The number of nitrogens with one attached hydrogen (secondary N) is 2. The quantitative estimate of drug-likeness (QED) is 0.298. The number of aryl methyl sites for hydroxylation is 1. The molecule has 0 saturated heterocycles. The maximum absolute atomic E-state index is 13.2. The van der Waals surface area contributed by atoms with Gasteiger partial charge in [-0.25, -0.2) is 4.79 Å². The summed E-state index contributed by atoms with van der Waals surface area (Å²) in [7, 11) is 1.17. The summed E-state index contributed by atoms with van der Waals surface area (Å²) in [4.78, 5) is 50.7. The van der Waals surface area contributed by atoms with Crippen LogP contribution < -0.4 is 10.6 Å². The van der Waals surface area contributed by atoms with Gasteiger partial charge in [0.15, 0.2) is 0 Å². The summed E-state index contributed by atoms with van der Waals surface area (Å²) in [6.07, 6.45) is 4.66. The number of methoxy groups -OCH3 is 1. The lowest BCUT2D eigenvalue weighted by Crippen LogP contribution is -2.53. The van der Waals surface area contributed by atoms with Crippen molar-refractivity contribution in [3.63, 3.8) is 0 Å². The second-order valence-electron chi connectivity index (χ2n) is 8.20. The highest BCUT2D eigenvalue weighted by atomic mass is 16.6. The molecule has 0 fully saturated rings. The van der Waals surface area contributed by atoms with Gasteiger partial charge in [0, 0.05) is 6.04 Å². The Morgan fingerprint density at radius 3 is 2.36 bits per heavy atom. The van der Waals surface area contributed by atoms with E-state index >= 15 is 0 Å². The molecular weight excluding hydrogens is 430 g/mol. The van der Waals surface area contributed by atoms with Crippen molar-refractivity contribution in [2.45, 2.75) is 52.3 Å². The molecule has 10 heteroatoms. The number of terminal acetylenes is 1. The summed E-state index contributed by atoms with van der Waals surface area (Å²) in [6, 6.07) is 4.49. The second kappa shape index (κ2) is 11.9. The van der Waals surface area contributed by atoms with Crippen molar-refractivity contribution >= 4 is 23.9 Å². The number of rotatable bonds is 8. The number of benzene rings is 1. The van der Waals surface area contributed by atoms with E-state index < -0.39 is 54.7 Å². The number of alkyl carbamates (subject to hydrolysis) is 1. The summed E-state index contributed by atoms with van der Waals surface area (Å²) in [5.74, 6) is -2.35. The van der Waals surface area contributed by atoms with Gasteiger partial charge in [0.2, 0.25) is 5.91 Å². The number of carbonyl (C=O) groups excluding carboxylic acids is 4. The Labute approximate surface area is 193 Å². The van der Waals surface area contributed by atoms with Crippen molar-refractivity contribution in [2.24, 2.45) is 0 Å². The van der Waals surface area contributed by atoms with Crippen LogP contribution in [0.25, 0.3) is 0 Å². The predicted octanol–water partition coefficient (Wildman–Crippen LogP) is 0.939. The van der Waals surface area contributed by atoms with Crippen LogP contribution in [0.5, 0.6) is 0 Å². The molecule has 0 heterocycles. The van der Waals surface area contributed by atoms with Gasteiger partial charge in [0.1, 0.15) is 24.2 Å². The first-order valence-electron chi connectivity index (χ1n) is 10.2. The van der Waals surface area contributed by atoms with Gasteiger partial charge in [-0.3, -0.25) is 19.3 Å². The lowest BCUT2D eigenvalue weighted by molar-refractivity contribution is -0.143. The lowest BCUT2D eigenvalue weighted by atomic mass is 9.95. The van der Waals surface area contributed by atoms with Crippen LogP contribution in [-0.2, 0) is 23.9 Å². The van der Waals surface area contributed by atoms with E-state index in [0.29, 0.717) is 11.1 Å².